The molecular formula is C12H14N4. The first-order valence-electron chi connectivity index (χ1n) is 5.60. The first kappa shape index (κ1) is 9.39. The zero-order valence-corrected chi connectivity index (χ0v) is 8.98. The Labute approximate surface area is 93.9 Å². The Morgan fingerprint density at radius 3 is 2.88 bits per heavy atom. The van der Waals surface area contributed by atoms with Gasteiger partial charge >= 0.3 is 0 Å². The molecule has 2 aromatic heterocycles. The van der Waals surface area contributed by atoms with E-state index >= 15 is 0 Å². The van der Waals surface area contributed by atoms with E-state index in [0.717, 1.165) is 11.1 Å². The van der Waals surface area contributed by atoms with Gasteiger partial charge in [-0.1, -0.05) is 12.5 Å². The summed E-state index contributed by atoms with van der Waals surface area (Å²) < 4.78 is 0. The van der Waals surface area contributed by atoms with Crippen molar-refractivity contribution < 1.29 is 0 Å². The average Bonchev–Trinajstić information content (AvgIpc) is 2.59. The number of hydrogen-bond acceptors (Lipinski definition) is 3. The second-order valence-electron chi connectivity index (χ2n) is 4.27. The lowest BCUT2D eigenvalue weighted by atomic mass is 9.81. The van der Waals surface area contributed by atoms with Crippen molar-refractivity contribution in [2.75, 3.05) is 5.73 Å². The maximum absolute atomic E-state index is 5.92. The Kier molecular flexibility index (Phi) is 2.13. The number of nitrogens with two attached hydrogens (primary N) is 1. The van der Waals surface area contributed by atoms with Crippen molar-refractivity contribution in [3.05, 3.63) is 30.2 Å². The number of anilines is 1. The molecule has 0 unspecified atom stereocenters. The van der Waals surface area contributed by atoms with E-state index in [1.54, 1.807) is 6.20 Å². The van der Waals surface area contributed by atoms with Crippen molar-refractivity contribution in [2.45, 2.75) is 25.2 Å². The first-order chi connectivity index (χ1) is 7.86. The topological polar surface area (TPSA) is 67.6 Å². The Morgan fingerprint density at radius 1 is 1.38 bits per heavy atom. The molecule has 2 aromatic rings. The summed E-state index contributed by atoms with van der Waals surface area (Å²) in [6.45, 7) is 0. The minimum atomic E-state index is 0.579. The Balaban J connectivity index is 2.08. The second-order valence-corrected chi connectivity index (χ2v) is 4.27. The fraction of sp³-hybridized carbons (Fsp3) is 0.333. The minimum absolute atomic E-state index is 0.579. The van der Waals surface area contributed by atoms with Crippen LogP contribution in [0.3, 0.4) is 0 Å². The molecule has 3 rings (SSSR count). The van der Waals surface area contributed by atoms with E-state index in [2.05, 4.69) is 15.2 Å². The van der Waals surface area contributed by atoms with E-state index < -0.39 is 0 Å². The minimum Gasteiger partial charge on any atom is -0.382 e. The highest BCUT2D eigenvalue weighted by atomic mass is 15.2. The lowest BCUT2D eigenvalue weighted by Crippen LogP contribution is -2.10. The fourth-order valence-electron chi connectivity index (χ4n) is 2.18. The molecule has 0 saturated heterocycles. The first-order valence-corrected chi connectivity index (χ1v) is 5.60. The summed E-state index contributed by atoms with van der Waals surface area (Å²) in [5.41, 5.74) is 9.19. The molecule has 4 heteroatoms. The summed E-state index contributed by atoms with van der Waals surface area (Å²) in [5, 5.41) is 7.19. The van der Waals surface area contributed by atoms with Crippen molar-refractivity contribution in [1.82, 2.24) is 15.2 Å². The van der Waals surface area contributed by atoms with Gasteiger partial charge in [-0.05, 0) is 18.9 Å². The maximum atomic E-state index is 5.92. The van der Waals surface area contributed by atoms with Gasteiger partial charge in [-0.2, -0.15) is 5.10 Å². The number of hydrogen-bond donors (Lipinski definition) is 2. The molecule has 0 spiro atoms. The zero-order chi connectivity index (χ0) is 11.0. The second kappa shape index (κ2) is 3.63. The van der Waals surface area contributed by atoms with E-state index in [4.69, 9.17) is 5.73 Å². The third-order valence-electron chi connectivity index (χ3n) is 3.29. The standard InChI is InChI=1S/C12H14N4/c13-12-10(9-5-2-6-14-7-9)11(15-16-12)8-3-1-4-8/h2,5-8H,1,3-4H2,(H3,13,15,16). The highest BCUT2D eigenvalue weighted by Crippen LogP contribution is 2.41. The van der Waals surface area contributed by atoms with Gasteiger partial charge in [0, 0.05) is 35.1 Å². The summed E-state index contributed by atoms with van der Waals surface area (Å²) in [5.74, 6) is 1.18. The van der Waals surface area contributed by atoms with Crippen LogP contribution in [0, 0.1) is 0 Å². The number of nitrogens with zero attached hydrogens (tertiary/aromatic N) is 2. The van der Waals surface area contributed by atoms with Crippen molar-refractivity contribution in [1.29, 1.82) is 0 Å². The number of H-pyrrole nitrogens is 1. The van der Waals surface area contributed by atoms with E-state index in [1.165, 1.54) is 25.0 Å². The Hall–Kier alpha value is -1.84. The molecule has 0 radical (unpaired) electrons. The Bertz CT molecular complexity index is 485. The molecule has 0 atom stereocenters. The maximum Gasteiger partial charge on any atom is 0.153 e. The molecule has 3 N–H and O–H groups in total. The number of nitrogens with one attached hydrogen (secondary N) is 1. The molecule has 1 saturated carbocycles. The smallest absolute Gasteiger partial charge is 0.153 e. The predicted molar refractivity (Wildman–Crippen MR) is 62.8 cm³/mol. The Morgan fingerprint density at radius 2 is 2.25 bits per heavy atom. The van der Waals surface area contributed by atoms with Gasteiger partial charge in [0.2, 0.25) is 0 Å². The normalized spacial score (nSPS) is 16.0. The molecule has 0 bridgehead atoms. The van der Waals surface area contributed by atoms with Crippen LogP contribution in [0.25, 0.3) is 11.1 Å². The number of rotatable bonds is 2. The van der Waals surface area contributed by atoms with Gasteiger partial charge < -0.3 is 5.73 Å². The van der Waals surface area contributed by atoms with Crippen LogP contribution in [0.4, 0.5) is 5.82 Å². The summed E-state index contributed by atoms with van der Waals surface area (Å²) in [4.78, 5) is 4.13. The van der Waals surface area contributed by atoms with Crippen LogP contribution in [-0.2, 0) is 0 Å². The van der Waals surface area contributed by atoms with Gasteiger partial charge in [0.25, 0.3) is 0 Å². The molecule has 1 aliphatic carbocycles. The lowest BCUT2D eigenvalue weighted by molar-refractivity contribution is 0.411. The van der Waals surface area contributed by atoms with Crippen LogP contribution >= 0.6 is 0 Å². The SMILES string of the molecule is Nc1n[nH]c(C2CCC2)c1-c1cccnc1. The molecule has 1 aliphatic rings. The van der Waals surface area contributed by atoms with Crippen LogP contribution in [0.1, 0.15) is 30.9 Å². The van der Waals surface area contributed by atoms with Crippen molar-refractivity contribution >= 4 is 5.82 Å². The van der Waals surface area contributed by atoms with Crippen molar-refractivity contribution in [2.24, 2.45) is 0 Å². The number of aromatic amines is 1. The molecule has 16 heavy (non-hydrogen) atoms. The highest BCUT2D eigenvalue weighted by molar-refractivity contribution is 5.76. The van der Waals surface area contributed by atoms with Crippen LogP contribution in [0.2, 0.25) is 0 Å². The number of nitrogen functional groups attached to an aromatic ring is 1. The summed E-state index contributed by atoms with van der Waals surface area (Å²) in [6, 6.07) is 3.95. The van der Waals surface area contributed by atoms with Gasteiger partial charge in [0.1, 0.15) is 0 Å². The third kappa shape index (κ3) is 1.38. The quantitative estimate of drug-likeness (QED) is 0.806. The molecule has 2 heterocycles. The van der Waals surface area contributed by atoms with Crippen LogP contribution in [0.15, 0.2) is 24.5 Å². The van der Waals surface area contributed by atoms with Gasteiger partial charge in [0.15, 0.2) is 5.82 Å². The molecule has 82 valence electrons. The van der Waals surface area contributed by atoms with E-state index in [-0.39, 0.29) is 0 Å². The van der Waals surface area contributed by atoms with Crippen molar-refractivity contribution in [3.63, 3.8) is 0 Å². The molecule has 1 fully saturated rings. The highest BCUT2D eigenvalue weighted by Gasteiger charge is 2.26. The van der Waals surface area contributed by atoms with Gasteiger partial charge in [-0.3, -0.25) is 10.1 Å². The van der Waals surface area contributed by atoms with Gasteiger partial charge in [0.05, 0.1) is 0 Å². The van der Waals surface area contributed by atoms with Gasteiger partial charge in [-0.15, -0.1) is 0 Å². The van der Waals surface area contributed by atoms with Crippen LogP contribution < -0.4 is 5.73 Å². The monoisotopic (exact) mass is 214 g/mol. The molecule has 0 aliphatic heterocycles. The fourth-order valence-corrected chi connectivity index (χ4v) is 2.18. The zero-order valence-electron chi connectivity index (χ0n) is 8.98. The van der Waals surface area contributed by atoms with Crippen molar-refractivity contribution in [3.8, 4) is 11.1 Å². The number of aromatic nitrogens is 3. The van der Waals surface area contributed by atoms with E-state index in [1.807, 2.05) is 18.3 Å². The van der Waals surface area contributed by atoms with Crippen LogP contribution in [0.5, 0.6) is 0 Å². The summed E-state index contributed by atoms with van der Waals surface area (Å²) in [6.07, 6.45) is 7.37. The lowest BCUT2D eigenvalue weighted by Gasteiger charge is -2.25. The average molecular weight is 214 g/mol. The van der Waals surface area contributed by atoms with E-state index in [9.17, 15) is 0 Å². The van der Waals surface area contributed by atoms with Crippen LogP contribution in [-0.4, -0.2) is 15.2 Å². The third-order valence-corrected chi connectivity index (χ3v) is 3.29. The molecule has 0 amide bonds. The molecule has 4 nitrogen and oxygen atoms in total. The number of pyridine rings is 1. The molecular weight excluding hydrogens is 200 g/mol. The largest absolute Gasteiger partial charge is 0.382 e. The predicted octanol–water partition coefficient (Wildman–Crippen LogP) is 2.32. The summed E-state index contributed by atoms with van der Waals surface area (Å²) >= 11 is 0. The van der Waals surface area contributed by atoms with E-state index in [0.29, 0.717) is 11.7 Å². The molecule has 0 aromatic carbocycles. The summed E-state index contributed by atoms with van der Waals surface area (Å²) in [7, 11) is 0. The van der Waals surface area contributed by atoms with Gasteiger partial charge in [-0.25, -0.2) is 0 Å².